The van der Waals surface area contributed by atoms with Crippen LogP contribution in [0.3, 0.4) is 0 Å². The monoisotopic (exact) mass is 287 g/mol. The molecule has 2 aromatic rings. The highest BCUT2D eigenvalue weighted by atomic mass is 19.1. The molecule has 2 aromatic carbocycles. The molecule has 2 N–H and O–H groups in total. The molecule has 2 rings (SSSR count). The summed E-state index contributed by atoms with van der Waals surface area (Å²) >= 11 is 0. The Morgan fingerprint density at radius 1 is 1.05 bits per heavy atom. The number of benzene rings is 2. The number of hydrogen-bond acceptors (Lipinski definition) is 2. The van der Waals surface area contributed by atoms with Crippen molar-refractivity contribution in [2.24, 2.45) is 5.73 Å². The van der Waals surface area contributed by atoms with Crippen molar-refractivity contribution in [1.29, 1.82) is 0 Å². The van der Waals surface area contributed by atoms with Gasteiger partial charge in [-0.15, -0.1) is 0 Å². The van der Waals surface area contributed by atoms with Gasteiger partial charge in [-0.05, 0) is 34.7 Å². The van der Waals surface area contributed by atoms with E-state index in [0.29, 0.717) is 11.3 Å². The first-order chi connectivity index (χ1) is 9.84. The van der Waals surface area contributed by atoms with Gasteiger partial charge in [-0.3, -0.25) is 0 Å². The summed E-state index contributed by atoms with van der Waals surface area (Å²) in [7, 11) is 1.57. The van der Waals surface area contributed by atoms with Gasteiger partial charge in [0.2, 0.25) is 0 Å². The molecule has 1 unspecified atom stereocenters. The van der Waals surface area contributed by atoms with Gasteiger partial charge in [0.1, 0.15) is 11.6 Å². The van der Waals surface area contributed by atoms with Crippen LogP contribution in [0.25, 0.3) is 0 Å². The van der Waals surface area contributed by atoms with Gasteiger partial charge in [-0.25, -0.2) is 4.39 Å². The van der Waals surface area contributed by atoms with E-state index < -0.39 is 6.04 Å². The maximum Gasteiger partial charge on any atom is 0.124 e. The third kappa shape index (κ3) is 3.24. The predicted molar refractivity (Wildman–Crippen MR) is 84.1 cm³/mol. The Labute approximate surface area is 125 Å². The average molecular weight is 287 g/mol. The molecule has 0 aliphatic carbocycles. The van der Waals surface area contributed by atoms with Crippen LogP contribution in [0.1, 0.15) is 43.5 Å². The van der Waals surface area contributed by atoms with Crippen LogP contribution in [0.15, 0.2) is 42.5 Å². The van der Waals surface area contributed by atoms with Crippen molar-refractivity contribution in [3.8, 4) is 5.75 Å². The highest BCUT2D eigenvalue weighted by Crippen LogP contribution is 2.34. The Bertz CT molecular complexity index is 631. The zero-order chi connectivity index (χ0) is 15.6. The second-order valence-electron chi connectivity index (χ2n) is 6.20. The molecule has 3 heteroatoms. The summed E-state index contributed by atoms with van der Waals surface area (Å²) in [6.07, 6.45) is 0. The zero-order valence-electron chi connectivity index (χ0n) is 13.0. The van der Waals surface area contributed by atoms with Crippen molar-refractivity contribution in [2.75, 3.05) is 7.11 Å². The topological polar surface area (TPSA) is 35.2 Å². The summed E-state index contributed by atoms with van der Waals surface area (Å²) in [5.74, 6) is 0.294. The Balaban J connectivity index is 2.56. The molecule has 1 atom stereocenters. The molecule has 0 spiro atoms. The van der Waals surface area contributed by atoms with Gasteiger partial charge >= 0.3 is 0 Å². The van der Waals surface area contributed by atoms with Crippen LogP contribution in [0.4, 0.5) is 4.39 Å². The van der Waals surface area contributed by atoms with Gasteiger partial charge in [0.05, 0.1) is 13.2 Å². The Hall–Kier alpha value is -1.87. The molecule has 0 aliphatic rings. The average Bonchev–Trinajstić information content (AvgIpc) is 2.45. The zero-order valence-corrected chi connectivity index (χ0v) is 13.0. The van der Waals surface area contributed by atoms with E-state index in [1.165, 1.54) is 12.1 Å². The largest absolute Gasteiger partial charge is 0.496 e. The SMILES string of the molecule is COc1ccc(F)cc1C(N)c1ccccc1C(C)(C)C. The molecule has 112 valence electrons. The molecule has 0 aromatic heterocycles. The maximum atomic E-state index is 13.6. The van der Waals surface area contributed by atoms with Crippen molar-refractivity contribution in [2.45, 2.75) is 32.2 Å². The number of hydrogen-bond donors (Lipinski definition) is 1. The third-order valence-corrected chi connectivity index (χ3v) is 3.63. The second kappa shape index (κ2) is 5.86. The lowest BCUT2D eigenvalue weighted by Crippen LogP contribution is -2.21. The molecule has 0 saturated heterocycles. The lowest BCUT2D eigenvalue weighted by Gasteiger charge is -2.26. The highest BCUT2D eigenvalue weighted by Gasteiger charge is 2.23. The fourth-order valence-corrected chi connectivity index (χ4v) is 2.57. The highest BCUT2D eigenvalue weighted by molar-refractivity contribution is 5.45. The number of ether oxygens (including phenoxy) is 1. The molecular formula is C18H22FNO. The fourth-order valence-electron chi connectivity index (χ4n) is 2.57. The van der Waals surface area contributed by atoms with Gasteiger partial charge in [0.25, 0.3) is 0 Å². The minimum absolute atomic E-state index is 0.0330. The molecule has 0 heterocycles. The number of rotatable bonds is 3. The quantitative estimate of drug-likeness (QED) is 0.919. The van der Waals surface area contributed by atoms with Crippen molar-refractivity contribution in [1.82, 2.24) is 0 Å². The van der Waals surface area contributed by atoms with Crippen LogP contribution in [0.2, 0.25) is 0 Å². The normalized spacial score (nSPS) is 13.0. The van der Waals surface area contributed by atoms with E-state index in [1.807, 2.05) is 18.2 Å². The molecule has 0 amide bonds. The number of halogens is 1. The van der Waals surface area contributed by atoms with Gasteiger partial charge in [0, 0.05) is 5.56 Å². The molecule has 0 fully saturated rings. The van der Waals surface area contributed by atoms with E-state index in [9.17, 15) is 4.39 Å². The van der Waals surface area contributed by atoms with E-state index in [4.69, 9.17) is 10.5 Å². The van der Waals surface area contributed by atoms with E-state index >= 15 is 0 Å². The Kier molecular flexibility index (Phi) is 4.33. The Morgan fingerprint density at radius 2 is 1.71 bits per heavy atom. The molecule has 0 radical (unpaired) electrons. The van der Waals surface area contributed by atoms with E-state index in [2.05, 4.69) is 26.8 Å². The predicted octanol–water partition coefficient (Wildman–Crippen LogP) is 4.18. The van der Waals surface area contributed by atoms with E-state index in [1.54, 1.807) is 13.2 Å². The van der Waals surface area contributed by atoms with Crippen LogP contribution < -0.4 is 10.5 Å². The molecule has 0 bridgehead atoms. The number of methoxy groups -OCH3 is 1. The van der Waals surface area contributed by atoms with E-state index in [0.717, 1.165) is 11.1 Å². The van der Waals surface area contributed by atoms with Crippen molar-refractivity contribution in [3.63, 3.8) is 0 Å². The van der Waals surface area contributed by atoms with Crippen LogP contribution in [-0.2, 0) is 5.41 Å². The smallest absolute Gasteiger partial charge is 0.124 e. The molecular weight excluding hydrogens is 265 g/mol. The minimum atomic E-state index is -0.425. The fraction of sp³-hybridized carbons (Fsp3) is 0.333. The van der Waals surface area contributed by atoms with E-state index in [-0.39, 0.29) is 11.2 Å². The molecule has 0 aliphatic heterocycles. The first kappa shape index (κ1) is 15.5. The van der Waals surface area contributed by atoms with Crippen molar-refractivity contribution in [3.05, 3.63) is 65.0 Å². The van der Waals surface area contributed by atoms with Crippen LogP contribution in [0.5, 0.6) is 5.75 Å². The summed E-state index contributed by atoms with van der Waals surface area (Å²) in [5, 5.41) is 0. The first-order valence-electron chi connectivity index (χ1n) is 7.03. The lowest BCUT2D eigenvalue weighted by atomic mass is 9.80. The molecule has 0 saturated carbocycles. The summed E-state index contributed by atoms with van der Waals surface area (Å²) in [6.45, 7) is 6.42. The van der Waals surface area contributed by atoms with Gasteiger partial charge in [-0.1, -0.05) is 45.0 Å². The molecule has 21 heavy (non-hydrogen) atoms. The standard InChI is InChI=1S/C18H22FNO/c1-18(2,3)15-8-6-5-7-13(15)17(20)14-11-12(19)9-10-16(14)21-4/h5-11,17H,20H2,1-4H3. The molecule has 2 nitrogen and oxygen atoms in total. The Morgan fingerprint density at radius 3 is 2.33 bits per heavy atom. The first-order valence-corrected chi connectivity index (χ1v) is 7.03. The number of nitrogens with two attached hydrogens (primary N) is 1. The maximum absolute atomic E-state index is 13.6. The van der Waals surface area contributed by atoms with Crippen molar-refractivity contribution < 1.29 is 9.13 Å². The summed E-state index contributed by atoms with van der Waals surface area (Å²) < 4.78 is 18.9. The van der Waals surface area contributed by atoms with Gasteiger partial charge < -0.3 is 10.5 Å². The van der Waals surface area contributed by atoms with Crippen LogP contribution >= 0.6 is 0 Å². The van der Waals surface area contributed by atoms with Crippen LogP contribution in [-0.4, -0.2) is 7.11 Å². The summed E-state index contributed by atoms with van der Waals surface area (Å²) in [4.78, 5) is 0. The third-order valence-electron chi connectivity index (χ3n) is 3.63. The summed E-state index contributed by atoms with van der Waals surface area (Å²) in [5.41, 5.74) is 9.19. The van der Waals surface area contributed by atoms with Crippen molar-refractivity contribution >= 4 is 0 Å². The van der Waals surface area contributed by atoms with Gasteiger partial charge in [-0.2, -0.15) is 0 Å². The minimum Gasteiger partial charge on any atom is -0.496 e. The second-order valence-corrected chi connectivity index (χ2v) is 6.20. The lowest BCUT2D eigenvalue weighted by molar-refractivity contribution is 0.406. The summed E-state index contributed by atoms with van der Waals surface area (Å²) in [6, 6.07) is 12.0. The van der Waals surface area contributed by atoms with Crippen LogP contribution in [0, 0.1) is 5.82 Å². The van der Waals surface area contributed by atoms with Gasteiger partial charge in [0.15, 0.2) is 0 Å².